The molecular formula is C13H23N3OS. The highest BCUT2D eigenvalue weighted by Crippen LogP contribution is 2.15. The van der Waals surface area contributed by atoms with Crippen molar-refractivity contribution in [1.29, 1.82) is 0 Å². The van der Waals surface area contributed by atoms with Gasteiger partial charge in [-0.3, -0.25) is 0 Å². The van der Waals surface area contributed by atoms with Gasteiger partial charge in [0.15, 0.2) is 5.16 Å². The molecule has 0 aromatic carbocycles. The van der Waals surface area contributed by atoms with Gasteiger partial charge in [0.1, 0.15) is 0 Å². The van der Waals surface area contributed by atoms with E-state index >= 15 is 0 Å². The van der Waals surface area contributed by atoms with Gasteiger partial charge in [-0.2, -0.15) is 0 Å². The summed E-state index contributed by atoms with van der Waals surface area (Å²) in [7, 11) is 1.73. The minimum Gasteiger partial charge on any atom is -0.383 e. The molecule has 0 aliphatic carbocycles. The third-order valence-electron chi connectivity index (χ3n) is 2.43. The summed E-state index contributed by atoms with van der Waals surface area (Å²) in [6, 6.07) is 2.34. The molecule has 0 spiro atoms. The first-order chi connectivity index (χ1) is 8.65. The molecule has 18 heavy (non-hydrogen) atoms. The van der Waals surface area contributed by atoms with Crippen LogP contribution >= 0.6 is 11.8 Å². The molecule has 0 amide bonds. The van der Waals surface area contributed by atoms with Crippen molar-refractivity contribution >= 4 is 11.8 Å². The number of hydrogen-bond donors (Lipinski definition) is 1. The van der Waals surface area contributed by atoms with Gasteiger partial charge in [-0.15, -0.1) is 0 Å². The lowest BCUT2D eigenvalue weighted by Gasteiger charge is -2.16. The third kappa shape index (κ3) is 5.80. The lowest BCUT2D eigenvalue weighted by atomic mass is 10.3. The number of nitrogens with one attached hydrogen (secondary N) is 1. The largest absolute Gasteiger partial charge is 0.383 e. The van der Waals surface area contributed by atoms with Crippen LogP contribution in [0, 0.1) is 13.8 Å². The van der Waals surface area contributed by atoms with Crippen molar-refractivity contribution in [2.45, 2.75) is 38.4 Å². The van der Waals surface area contributed by atoms with Crippen LogP contribution in [0.4, 0.5) is 0 Å². The predicted octanol–water partition coefficient (Wildman–Crippen LogP) is 2.20. The van der Waals surface area contributed by atoms with Crippen LogP contribution in [0.5, 0.6) is 0 Å². The number of methoxy groups -OCH3 is 1. The fourth-order valence-corrected chi connectivity index (χ4v) is 2.63. The van der Waals surface area contributed by atoms with E-state index in [-0.39, 0.29) is 0 Å². The van der Waals surface area contributed by atoms with E-state index in [4.69, 9.17) is 4.74 Å². The molecular weight excluding hydrogens is 246 g/mol. The van der Waals surface area contributed by atoms with Gasteiger partial charge >= 0.3 is 0 Å². The summed E-state index contributed by atoms with van der Waals surface area (Å²) in [6.45, 7) is 7.90. The standard InChI is InChI=1S/C13H23N3OS/c1-5-6-14-12(8-17-4)9-18-13-15-10(2)7-11(3)16-13/h7,12,14H,5-6,8-9H2,1-4H3. The summed E-state index contributed by atoms with van der Waals surface area (Å²) >= 11 is 1.68. The van der Waals surface area contributed by atoms with Crippen molar-refractivity contribution in [3.8, 4) is 0 Å². The molecule has 0 fully saturated rings. The quantitative estimate of drug-likeness (QED) is 0.579. The molecule has 0 bridgehead atoms. The van der Waals surface area contributed by atoms with Gasteiger partial charge in [0.2, 0.25) is 0 Å². The first-order valence-electron chi connectivity index (χ1n) is 6.33. The maximum atomic E-state index is 5.22. The first-order valence-corrected chi connectivity index (χ1v) is 7.31. The Bertz CT molecular complexity index is 340. The van der Waals surface area contributed by atoms with E-state index in [9.17, 15) is 0 Å². The zero-order valence-corrected chi connectivity index (χ0v) is 12.5. The number of aryl methyl sites for hydroxylation is 2. The van der Waals surface area contributed by atoms with Gasteiger partial charge in [0.25, 0.3) is 0 Å². The number of aromatic nitrogens is 2. The van der Waals surface area contributed by atoms with E-state index in [2.05, 4.69) is 22.2 Å². The van der Waals surface area contributed by atoms with Crippen LogP contribution in [-0.4, -0.2) is 42.0 Å². The van der Waals surface area contributed by atoms with Gasteiger partial charge in [-0.05, 0) is 32.9 Å². The summed E-state index contributed by atoms with van der Waals surface area (Å²) in [5.41, 5.74) is 2.05. The van der Waals surface area contributed by atoms with Gasteiger partial charge in [0.05, 0.1) is 6.61 Å². The fourth-order valence-electron chi connectivity index (χ4n) is 1.65. The van der Waals surface area contributed by atoms with Crippen molar-refractivity contribution < 1.29 is 4.74 Å². The Balaban J connectivity index is 2.49. The van der Waals surface area contributed by atoms with E-state index in [1.165, 1.54) is 0 Å². The topological polar surface area (TPSA) is 47.0 Å². The Morgan fingerprint density at radius 1 is 1.33 bits per heavy atom. The molecule has 102 valence electrons. The minimum atomic E-state index is 0.351. The second-order valence-corrected chi connectivity index (χ2v) is 5.34. The van der Waals surface area contributed by atoms with Gasteiger partial charge < -0.3 is 10.1 Å². The highest BCUT2D eigenvalue weighted by atomic mass is 32.2. The Morgan fingerprint density at radius 3 is 2.56 bits per heavy atom. The summed E-state index contributed by atoms with van der Waals surface area (Å²) in [5.74, 6) is 0.927. The molecule has 1 aromatic heterocycles. The van der Waals surface area contributed by atoms with E-state index in [1.807, 2.05) is 19.9 Å². The summed E-state index contributed by atoms with van der Waals surface area (Å²) in [6.07, 6.45) is 1.13. The van der Waals surface area contributed by atoms with Crippen molar-refractivity contribution in [3.05, 3.63) is 17.5 Å². The highest BCUT2D eigenvalue weighted by Gasteiger charge is 2.09. The molecule has 0 saturated carbocycles. The molecule has 0 aliphatic rings. The van der Waals surface area contributed by atoms with Crippen molar-refractivity contribution in [3.63, 3.8) is 0 Å². The molecule has 1 N–H and O–H groups in total. The second kappa shape index (κ2) is 8.45. The van der Waals surface area contributed by atoms with Crippen LogP contribution in [0.3, 0.4) is 0 Å². The summed E-state index contributed by atoms with van der Waals surface area (Å²) < 4.78 is 5.22. The predicted molar refractivity (Wildman–Crippen MR) is 76.2 cm³/mol. The number of thioether (sulfide) groups is 1. The van der Waals surface area contributed by atoms with Gasteiger partial charge in [-0.1, -0.05) is 18.7 Å². The van der Waals surface area contributed by atoms with Crippen molar-refractivity contribution in [2.24, 2.45) is 0 Å². The number of ether oxygens (including phenoxy) is 1. The Kier molecular flexibility index (Phi) is 7.23. The summed E-state index contributed by atoms with van der Waals surface area (Å²) in [4.78, 5) is 8.86. The van der Waals surface area contributed by atoms with Crippen LogP contribution in [0.15, 0.2) is 11.2 Å². The monoisotopic (exact) mass is 269 g/mol. The molecule has 4 nitrogen and oxygen atoms in total. The average Bonchev–Trinajstić information content (AvgIpc) is 2.31. The lowest BCUT2D eigenvalue weighted by Crippen LogP contribution is -2.35. The van der Waals surface area contributed by atoms with E-state index in [0.717, 1.165) is 41.9 Å². The highest BCUT2D eigenvalue weighted by molar-refractivity contribution is 7.99. The molecule has 1 atom stereocenters. The van der Waals surface area contributed by atoms with Gasteiger partial charge in [0, 0.05) is 30.3 Å². The smallest absolute Gasteiger partial charge is 0.188 e. The van der Waals surface area contributed by atoms with E-state index < -0.39 is 0 Å². The van der Waals surface area contributed by atoms with Gasteiger partial charge in [-0.25, -0.2) is 9.97 Å². The molecule has 1 heterocycles. The zero-order valence-electron chi connectivity index (χ0n) is 11.7. The third-order valence-corrected chi connectivity index (χ3v) is 3.44. The molecule has 1 unspecified atom stereocenters. The summed E-state index contributed by atoms with van der Waals surface area (Å²) in [5, 5.41) is 4.32. The van der Waals surface area contributed by atoms with Crippen molar-refractivity contribution in [2.75, 3.05) is 26.0 Å². The maximum absolute atomic E-state index is 5.22. The first kappa shape index (κ1) is 15.4. The van der Waals surface area contributed by atoms with E-state index in [0.29, 0.717) is 6.04 Å². The Morgan fingerprint density at radius 2 is 2.00 bits per heavy atom. The lowest BCUT2D eigenvalue weighted by molar-refractivity contribution is 0.174. The molecule has 1 rings (SSSR count). The van der Waals surface area contributed by atoms with Crippen LogP contribution in [0.25, 0.3) is 0 Å². The van der Waals surface area contributed by atoms with Crippen molar-refractivity contribution in [1.82, 2.24) is 15.3 Å². The molecule has 1 aromatic rings. The normalized spacial score (nSPS) is 12.7. The number of rotatable bonds is 8. The van der Waals surface area contributed by atoms with Crippen LogP contribution < -0.4 is 5.32 Å². The van der Waals surface area contributed by atoms with Crippen LogP contribution in [0.1, 0.15) is 24.7 Å². The molecule has 0 radical (unpaired) electrons. The molecule has 0 aliphatic heterocycles. The molecule has 5 heteroatoms. The zero-order chi connectivity index (χ0) is 13.4. The molecule has 0 saturated heterocycles. The fraction of sp³-hybridized carbons (Fsp3) is 0.692. The minimum absolute atomic E-state index is 0.351. The SMILES string of the molecule is CCCNC(COC)CSc1nc(C)cc(C)n1. The van der Waals surface area contributed by atoms with Crippen LogP contribution in [0.2, 0.25) is 0 Å². The maximum Gasteiger partial charge on any atom is 0.188 e. The number of nitrogens with zero attached hydrogens (tertiary/aromatic N) is 2. The Hall–Kier alpha value is -0.650. The van der Waals surface area contributed by atoms with Crippen LogP contribution in [-0.2, 0) is 4.74 Å². The number of hydrogen-bond acceptors (Lipinski definition) is 5. The second-order valence-electron chi connectivity index (χ2n) is 4.35. The van der Waals surface area contributed by atoms with E-state index in [1.54, 1.807) is 18.9 Å². The Labute approximate surface area is 114 Å². The average molecular weight is 269 g/mol.